The fourth-order valence-corrected chi connectivity index (χ4v) is 4.67. The molecule has 2 heterocycles. The van der Waals surface area contributed by atoms with Gasteiger partial charge in [0.2, 0.25) is 11.8 Å². The lowest BCUT2D eigenvalue weighted by Gasteiger charge is -2.02. The number of rotatable bonds is 7. The maximum Gasteiger partial charge on any atom is 0.248 e. The van der Waals surface area contributed by atoms with E-state index in [9.17, 15) is 0 Å². The fraction of sp³-hybridized carbons (Fsp3) is 0. The molecule has 0 spiro atoms. The van der Waals surface area contributed by atoms with Crippen molar-refractivity contribution >= 4 is 12.2 Å². The molecule has 0 radical (unpaired) electrons. The Morgan fingerprint density at radius 3 is 1.55 bits per heavy atom. The molecule has 6 heteroatoms. The van der Waals surface area contributed by atoms with Gasteiger partial charge in [-0.3, -0.25) is 0 Å². The predicted octanol–water partition coefficient (Wildman–Crippen LogP) is 8.49. The molecular weight excluding hydrogens is 518 g/mol. The maximum atomic E-state index is 5.99. The van der Waals surface area contributed by atoms with Crippen LogP contribution in [0.3, 0.4) is 0 Å². The number of benzene rings is 5. The lowest BCUT2D eigenvalue weighted by molar-refractivity contribution is 0.584. The molecular formula is C36H25N5O. The average Bonchev–Trinajstić information content (AvgIpc) is 3.77. The highest BCUT2D eigenvalue weighted by Crippen LogP contribution is 2.27. The minimum atomic E-state index is 0.492. The van der Waals surface area contributed by atoms with Crippen LogP contribution < -0.4 is 0 Å². The van der Waals surface area contributed by atoms with Gasteiger partial charge in [-0.25, -0.2) is 0 Å². The van der Waals surface area contributed by atoms with Crippen molar-refractivity contribution in [2.24, 2.45) is 0 Å². The largest absolute Gasteiger partial charge is 0.416 e. The predicted molar refractivity (Wildman–Crippen MR) is 166 cm³/mol. The van der Waals surface area contributed by atoms with Crippen molar-refractivity contribution in [1.29, 1.82) is 0 Å². The zero-order chi connectivity index (χ0) is 28.1. The van der Waals surface area contributed by atoms with Crippen LogP contribution in [0, 0.1) is 0 Å². The van der Waals surface area contributed by atoms with Crippen molar-refractivity contribution in [3.63, 3.8) is 0 Å². The number of nitrogens with zero attached hydrogens (tertiary/aromatic N) is 5. The van der Waals surface area contributed by atoms with Crippen molar-refractivity contribution in [3.05, 3.63) is 151 Å². The first-order valence-corrected chi connectivity index (χ1v) is 13.6. The van der Waals surface area contributed by atoms with Crippen LogP contribution in [0.2, 0.25) is 0 Å². The van der Waals surface area contributed by atoms with Crippen LogP contribution in [-0.2, 0) is 0 Å². The molecule has 0 atom stereocenters. The topological polar surface area (TPSA) is 69.6 Å². The minimum absolute atomic E-state index is 0.492. The fourth-order valence-electron chi connectivity index (χ4n) is 4.67. The summed E-state index contributed by atoms with van der Waals surface area (Å²) in [5.41, 5.74) is 9.02. The van der Waals surface area contributed by atoms with Gasteiger partial charge in [0.05, 0.1) is 11.9 Å². The smallest absolute Gasteiger partial charge is 0.248 e. The van der Waals surface area contributed by atoms with Crippen LogP contribution in [0.5, 0.6) is 0 Å². The summed E-state index contributed by atoms with van der Waals surface area (Å²) in [6.07, 6.45) is 5.94. The summed E-state index contributed by atoms with van der Waals surface area (Å²) in [5, 5.41) is 17.6. The highest BCUT2D eigenvalue weighted by molar-refractivity contribution is 5.72. The van der Waals surface area contributed by atoms with E-state index in [2.05, 4.69) is 68.9 Å². The number of hydrogen-bond acceptors (Lipinski definition) is 5. The Morgan fingerprint density at radius 2 is 0.952 bits per heavy atom. The standard InChI is InChI=1S/C36H25N5O/c1-3-7-28(8-4-1)29-19-21-32(22-20-29)36-39-38-35(42-36)31-17-13-26(14-18-31)11-12-27-15-23-33(24-16-27)41-37-25-34(40-41)30-9-5-2-6-10-30/h1-25H. The van der Waals surface area contributed by atoms with Crippen LogP contribution in [0.4, 0.5) is 0 Å². The molecule has 0 saturated heterocycles. The first kappa shape index (κ1) is 25.1. The molecule has 7 aromatic rings. The zero-order valence-electron chi connectivity index (χ0n) is 22.6. The molecule has 0 fully saturated rings. The Kier molecular flexibility index (Phi) is 6.76. The molecule has 5 aromatic carbocycles. The van der Waals surface area contributed by atoms with E-state index in [0.29, 0.717) is 11.8 Å². The highest BCUT2D eigenvalue weighted by Gasteiger charge is 2.11. The van der Waals surface area contributed by atoms with Crippen LogP contribution in [0.15, 0.2) is 144 Å². The van der Waals surface area contributed by atoms with Gasteiger partial charge < -0.3 is 4.42 Å². The minimum Gasteiger partial charge on any atom is -0.416 e. The summed E-state index contributed by atoms with van der Waals surface area (Å²) < 4.78 is 5.99. The van der Waals surface area contributed by atoms with Crippen molar-refractivity contribution in [1.82, 2.24) is 25.2 Å². The molecule has 0 unspecified atom stereocenters. The molecule has 0 saturated carbocycles. The molecule has 0 aliphatic heterocycles. The molecule has 2 aromatic heterocycles. The van der Waals surface area contributed by atoms with E-state index < -0.39 is 0 Å². The second-order valence-corrected chi connectivity index (χ2v) is 9.79. The average molecular weight is 544 g/mol. The van der Waals surface area contributed by atoms with Gasteiger partial charge in [-0.2, -0.15) is 9.90 Å². The third kappa shape index (κ3) is 5.42. The monoisotopic (exact) mass is 543 g/mol. The summed E-state index contributed by atoms with van der Waals surface area (Å²) in [7, 11) is 0. The van der Waals surface area contributed by atoms with Crippen molar-refractivity contribution < 1.29 is 4.42 Å². The molecule has 0 N–H and O–H groups in total. The molecule has 6 nitrogen and oxygen atoms in total. The summed E-state index contributed by atoms with van der Waals surface area (Å²) >= 11 is 0. The summed E-state index contributed by atoms with van der Waals surface area (Å²) in [5.74, 6) is 0.990. The van der Waals surface area contributed by atoms with E-state index in [0.717, 1.165) is 44.8 Å². The van der Waals surface area contributed by atoms with Gasteiger partial charge >= 0.3 is 0 Å². The lowest BCUT2D eigenvalue weighted by Crippen LogP contribution is -1.98. The second kappa shape index (κ2) is 11.3. The normalized spacial score (nSPS) is 11.2. The van der Waals surface area contributed by atoms with Crippen molar-refractivity contribution in [2.45, 2.75) is 0 Å². The Labute approximate surface area is 243 Å². The van der Waals surface area contributed by atoms with Crippen LogP contribution in [0.1, 0.15) is 11.1 Å². The third-order valence-corrected chi connectivity index (χ3v) is 6.98. The van der Waals surface area contributed by atoms with Crippen molar-refractivity contribution in [3.8, 4) is 51.0 Å². The molecule has 0 amide bonds. The van der Waals surface area contributed by atoms with E-state index in [1.54, 1.807) is 11.0 Å². The zero-order valence-corrected chi connectivity index (χ0v) is 22.6. The van der Waals surface area contributed by atoms with Gasteiger partial charge in [0.1, 0.15) is 5.69 Å². The van der Waals surface area contributed by atoms with E-state index in [1.807, 2.05) is 97.1 Å². The lowest BCUT2D eigenvalue weighted by atomic mass is 10.0. The van der Waals surface area contributed by atoms with Gasteiger partial charge in [-0.1, -0.05) is 109 Å². The van der Waals surface area contributed by atoms with Gasteiger partial charge in [-0.15, -0.1) is 15.3 Å². The quantitative estimate of drug-likeness (QED) is 0.189. The van der Waals surface area contributed by atoms with Crippen LogP contribution >= 0.6 is 0 Å². The Hall–Kier alpha value is -5.88. The molecule has 0 aliphatic carbocycles. The molecule has 0 aliphatic rings. The van der Waals surface area contributed by atoms with Crippen LogP contribution in [0.25, 0.3) is 63.1 Å². The van der Waals surface area contributed by atoms with Crippen LogP contribution in [-0.4, -0.2) is 25.2 Å². The first-order valence-electron chi connectivity index (χ1n) is 13.6. The highest BCUT2D eigenvalue weighted by atomic mass is 16.4. The number of hydrogen-bond donors (Lipinski definition) is 0. The third-order valence-electron chi connectivity index (χ3n) is 6.98. The maximum absolute atomic E-state index is 5.99. The second-order valence-electron chi connectivity index (χ2n) is 9.79. The van der Waals surface area contributed by atoms with Gasteiger partial charge in [0.25, 0.3) is 0 Å². The molecule has 200 valence electrons. The van der Waals surface area contributed by atoms with E-state index in [-0.39, 0.29) is 0 Å². The Morgan fingerprint density at radius 1 is 0.476 bits per heavy atom. The summed E-state index contributed by atoms with van der Waals surface area (Å²) in [6.45, 7) is 0. The Bertz CT molecular complexity index is 1940. The first-order chi connectivity index (χ1) is 20.8. The van der Waals surface area contributed by atoms with E-state index >= 15 is 0 Å². The van der Waals surface area contributed by atoms with Gasteiger partial charge in [-0.05, 0) is 58.7 Å². The Balaban J connectivity index is 1.00. The SMILES string of the molecule is C(=Cc1ccc(-n2ncc(-c3ccccc3)n2)cc1)c1ccc(-c2nnc(-c3ccc(-c4ccccc4)cc3)o2)cc1. The van der Waals surface area contributed by atoms with E-state index in [4.69, 9.17) is 4.42 Å². The van der Waals surface area contributed by atoms with Gasteiger partial charge in [0, 0.05) is 16.7 Å². The molecule has 0 bridgehead atoms. The number of aromatic nitrogens is 5. The summed E-state index contributed by atoms with van der Waals surface area (Å²) in [4.78, 5) is 1.65. The molecule has 7 rings (SSSR count). The molecule has 42 heavy (non-hydrogen) atoms. The van der Waals surface area contributed by atoms with Crippen molar-refractivity contribution in [2.75, 3.05) is 0 Å². The van der Waals surface area contributed by atoms with E-state index in [1.165, 1.54) is 5.56 Å². The summed E-state index contributed by atoms with van der Waals surface area (Å²) in [6, 6.07) is 44.7. The van der Waals surface area contributed by atoms with Gasteiger partial charge in [0.15, 0.2) is 0 Å².